The molecule has 0 atom stereocenters. The summed E-state index contributed by atoms with van der Waals surface area (Å²) in [7, 11) is 0. The number of para-hydroxylation sites is 1. The number of phenolic OH excluding ortho intramolecular Hbond substituents is 1. The van der Waals surface area contributed by atoms with Gasteiger partial charge in [0, 0.05) is 12.1 Å². The second kappa shape index (κ2) is 4.75. The van der Waals surface area contributed by atoms with Gasteiger partial charge in [-0.05, 0) is 23.8 Å². The Balaban J connectivity index is 2.24. The fraction of sp³-hybridized carbons (Fsp3) is 0.154. The van der Waals surface area contributed by atoms with Gasteiger partial charge in [0.25, 0.3) is 0 Å². The molecule has 0 aliphatic carbocycles. The molecule has 0 fully saturated rings. The van der Waals surface area contributed by atoms with E-state index in [4.69, 9.17) is 0 Å². The van der Waals surface area contributed by atoms with E-state index in [1.54, 1.807) is 24.3 Å². The molecule has 16 heavy (non-hydrogen) atoms. The maximum atomic E-state index is 12.4. The third kappa shape index (κ3) is 2.37. The van der Waals surface area contributed by atoms with Gasteiger partial charge in [-0.1, -0.05) is 24.3 Å². The first kappa shape index (κ1) is 10.6. The molecule has 1 N–H and O–H groups in total. The molecular weight excluding hydrogens is 205 g/mol. The summed E-state index contributed by atoms with van der Waals surface area (Å²) in [6.45, 7) is -0.561. The molecular formula is C13H12FNO. The van der Waals surface area contributed by atoms with E-state index in [1.165, 1.54) is 0 Å². The molecule has 0 aliphatic heterocycles. The normalized spacial score (nSPS) is 10.3. The van der Waals surface area contributed by atoms with Gasteiger partial charge in [-0.3, -0.25) is 4.98 Å². The van der Waals surface area contributed by atoms with Crippen molar-refractivity contribution in [3.05, 3.63) is 59.4 Å². The summed E-state index contributed by atoms with van der Waals surface area (Å²) in [4.78, 5) is 4.14. The molecule has 0 unspecified atom stereocenters. The summed E-state index contributed by atoms with van der Waals surface area (Å²) < 4.78 is 12.4. The number of rotatable bonds is 3. The Morgan fingerprint density at radius 1 is 1.00 bits per heavy atom. The van der Waals surface area contributed by atoms with E-state index in [1.807, 2.05) is 18.2 Å². The van der Waals surface area contributed by atoms with Crippen LogP contribution in [-0.2, 0) is 13.1 Å². The largest absolute Gasteiger partial charge is 0.508 e. The minimum absolute atomic E-state index is 0.245. The highest BCUT2D eigenvalue weighted by molar-refractivity contribution is 5.34. The van der Waals surface area contributed by atoms with Crippen LogP contribution in [0.15, 0.2) is 42.5 Å². The average Bonchev–Trinajstić information content (AvgIpc) is 2.32. The van der Waals surface area contributed by atoms with Crippen LogP contribution < -0.4 is 0 Å². The van der Waals surface area contributed by atoms with E-state index in [-0.39, 0.29) is 5.75 Å². The fourth-order valence-corrected chi connectivity index (χ4v) is 1.56. The van der Waals surface area contributed by atoms with Crippen LogP contribution in [0.2, 0.25) is 0 Å². The summed E-state index contributed by atoms with van der Waals surface area (Å²) in [6.07, 6.45) is 0.514. The van der Waals surface area contributed by atoms with Gasteiger partial charge < -0.3 is 5.11 Å². The second-order valence-electron chi connectivity index (χ2n) is 3.56. The third-order valence-corrected chi connectivity index (χ3v) is 2.36. The summed E-state index contributed by atoms with van der Waals surface area (Å²) in [5, 5.41) is 9.60. The van der Waals surface area contributed by atoms with E-state index >= 15 is 0 Å². The predicted octanol–water partition coefficient (Wildman–Crippen LogP) is 2.85. The summed E-state index contributed by atoms with van der Waals surface area (Å²) >= 11 is 0. The molecule has 1 heterocycles. The molecule has 0 saturated carbocycles. The molecule has 82 valence electrons. The molecule has 0 saturated heterocycles. The van der Waals surface area contributed by atoms with Crippen molar-refractivity contribution in [1.29, 1.82) is 0 Å². The number of phenols is 1. The number of aromatic nitrogens is 1. The van der Waals surface area contributed by atoms with Crippen molar-refractivity contribution in [2.45, 2.75) is 13.1 Å². The van der Waals surface area contributed by atoms with Crippen molar-refractivity contribution < 1.29 is 9.50 Å². The quantitative estimate of drug-likeness (QED) is 0.857. The zero-order valence-corrected chi connectivity index (χ0v) is 8.73. The van der Waals surface area contributed by atoms with Crippen molar-refractivity contribution in [3.8, 4) is 5.75 Å². The number of nitrogens with zero attached hydrogens (tertiary/aromatic N) is 1. The van der Waals surface area contributed by atoms with Crippen molar-refractivity contribution in [3.63, 3.8) is 0 Å². The minimum atomic E-state index is -0.561. The van der Waals surface area contributed by atoms with E-state index in [9.17, 15) is 9.50 Å². The van der Waals surface area contributed by atoms with Gasteiger partial charge in [-0.15, -0.1) is 0 Å². The van der Waals surface area contributed by atoms with Crippen molar-refractivity contribution >= 4 is 0 Å². The molecule has 2 aromatic rings. The minimum Gasteiger partial charge on any atom is -0.508 e. The van der Waals surface area contributed by atoms with Crippen molar-refractivity contribution in [1.82, 2.24) is 4.98 Å². The highest BCUT2D eigenvalue weighted by Crippen LogP contribution is 2.18. The Bertz CT molecular complexity index is 485. The zero-order chi connectivity index (χ0) is 11.4. The highest BCUT2D eigenvalue weighted by Gasteiger charge is 2.03. The Labute approximate surface area is 93.4 Å². The van der Waals surface area contributed by atoms with E-state index in [0.717, 1.165) is 11.3 Å². The van der Waals surface area contributed by atoms with Crippen LogP contribution in [0.5, 0.6) is 5.75 Å². The molecule has 3 heteroatoms. The summed E-state index contributed by atoms with van der Waals surface area (Å²) in [6, 6.07) is 12.3. The van der Waals surface area contributed by atoms with Crippen LogP contribution >= 0.6 is 0 Å². The van der Waals surface area contributed by atoms with E-state index < -0.39 is 6.67 Å². The maximum Gasteiger partial charge on any atom is 0.131 e. The van der Waals surface area contributed by atoms with Gasteiger partial charge in [-0.25, -0.2) is 4.39 Å². The van der Waals surface area contributed by atoms with Gasteiger partial charge in [0.1, 0.15) is 12.4 Å². The van der Waals surface area contributed by atoms with Gasteiger partial charge in [0.2, 0.25) is 0 Å². The lowest BCUT2D eigenvalue weighted by Gasteiger charge is -2.04. The number of halogens is 1. The smallest absolute Gasteiger partial charge is 0.131 e. The number of alkyl halides is 1. The molecule has 0 spiro atoms. The lowest BCUT2D eigenvalue weighted by molar-refractivity contribution is 0.468. The first-order valence-electron chi connectivity index (χ1n) is 5.07. The number of benzene rings is 1. The first-order chi connectivity index (χ1) is 7.79. The fourth-order valence-electron chi connectivity index (χ4n) is 1.56. The number of hydrogen-bond acceptors (Lipinski definition) is 2. The van der Waals surface area contributed by atoms with Gasteiger partial charge in [0.15, 0.2) is 0 Å². The average molecular weight is 217 g/mol. The lowest BCUT2D eigenvalue weighted by Crippen LogP contribution is -1.95. The molecule has 0 aliphatic rings. The van der Waals surface area contributed by atoms with Gasteiger partial charge in [0.05, 0.1) is 5.69 Å². The monoisotopic (exact) mass is 217 g/mol. The molecule has 0 radical (unpaired) electrons. The van der Waals surface area contributed by atoms with Crippen LogP contribution in [0.25, 0.3) is 0 Å². The number of hydrogen-bond donors (Lipinski definition) is 1. The van der Waals surface area contributed by atoms with Crippen LogP contribution in [0.3, 0.4) is 0 Å². The zero-order valence-electron chi connectivity index (χ0n) is 8.73. The van der Waals surface area contributed by atoms with Gasteiger partial charge in [-0.2, -0.15) is 0 Å². The van der Waals surface area contributed by atoms with Crippen molar-refractivity contribution in [2.75, 3.05) is 0 Å². The summed E-state index contributed by atoms with van der Waals surface area (Å²) in [5.74, 6) is 0.245. The predicted molar refractivity (Wildman–Crippen MR) is 60.0 cm³/mol. The third-order valence-electron chi connectivity index (χ3n) is 2.36. The summed E-state index contributed by atoms with van der Waals surface area (Å²) in [5.41, 5.74) is 1.98. The van der Waals surface area contributed by atoms with E-state index in [0.29, 0.717) is 12.1 Å². The highest BCUT2D eigenvalue weighted by atomic mass is 19.1. The van der Waals surface area contributed by atoms with E-state index in [2.05, 4.69) is 4.98 Å². The van der Waals surface area contributed by atoms with Crippen LogP contribution in [0, 0.1) is 0 Å². The Hall–Kier alpha value is -1.90. The first-order valence-corrected chi connectivity index (χ1v) is 5.07. The van der Waals surface area contributed by atoms with Crippen LogP contribution in [0.4, 0.5) is 4.39 Å². The Morgan fingerprint density at radius 3 is 2.50 bits per heavy atom. The topological polar surface area (TPSA) is 33.1 Å². The van der Waals surface area contributed by atoms with Crippen molar-refractivity contribution in [2.24, 2.45) is 0 Å². The molecule has 2 rings (SSSR count). The van der Waals surface area contributed by atoms with Gasteiger partial charge >= 0.3 is 0 Å². The molecule has 1 aromatic heterocycles. The number of pyridine rings is 1. The van der Waals surface area contributed by atoms with Crippen LogP contribution in [-0.4, -0.2) is 10.1 Å². The number of aromatic hydroxyl groups is 1. The molecule has 2 nitrogen and oxygen atoms in total. The molecule has 0 bridgehead atoms. The Kier molecular flexibility index (Phi) is 3.15. The lowest BCUT2D eigenvalue weighted by atomic mass is 10.1. The van der Waals surface area contributed by atoms with Crippen LogP contribution in [0.1, 0.15) is 17.0 Å². The molecule has 1 aromatic carbocycles. The Morgan fingerprint density at radius 2 is 1.75 bits per heavy atom. The molecule has 0 amide bonds. The second-order valence-corrected chi connectivity index (χ2v) is 3.56. The maximum absolute atomic E-state index is 12.4. The SMILES string of the molecule is Oc1ccccc1Cc1cccc(CF)n1. The standard InChI is InChI=1S/C13H12FNO/c14-9-12-6-3-5-11(15-12)8-10-4-1-2-7-13(10)16/h1-7,16H,8-9H2.